The summed E-state index contributed by atoms with van der Waals surface area (Å²) in [6.45, 7) is 2.11. The van der Waals surface area contributed by atoms with Crippen molar-refractivity contribution >= 4 is 11.2 Å². The summed E-state index contributed by atoms with van der Waals surface area (Å²) in [6.07, 6.45) is 11.3. The Balaban J connectivity index is 1.79. The van der Waals surface area contributed by atoms with Gasteiger partial charge in [0.05, 0.1) is 5.52 Å². The van der Waals surface area contributed by atoms with Gasteiger partial charge in [-0.05, 0) is 24.5 Å². The average molecular weight is 243 g/mol. The molecule has 0 radical (unpaired) electrons. The molecule has 2 aromatic heterocycles. The average Bonchev–Trinajstić information content (AvgIpc) is 2.60. The maximum absolute atomic E-state index is 4.63. The lowest BCUT2D eigenvalue weighted by Crippen LogP contribution is -2.04. The van der Waals surface area contributed by atoms with Gasteiger partial charge in [0.1, 0.15) is 5.82 Å². The third-order valence-corrected chi connectivity index (χ3v) is 4.11. The lowest BCUT2D eigenvalue weighted by atomic mass is 9.96. The summed E-state index contributed by atoms with van der Waals surface area (Å²) < 4.78 is 0. The van der Waals surface area contributed by atoms with Crippen LogP contribution in [-0.4, -0.2) is 15.0 Å². The van der Waals surface area contributed by atoms with E-state index >= 15 is 0 Å². The van der Waals surface area contributed by atoms with Gasteiger partial charge in [-0.1, -0.05) is 38.5 Å². The molecule has 1 saturated carbocycles. The number of H-pyrrole nitrogens is 1. The first kappa shape index (κ1) is 11.7. The molecule has 0 bridgehead atoms. The van der Waals surface area contributed by atoms with Crippen molar-refractivity contribution in [2.45, 2.75) is 51.9 Å². The van der Waals surface area contributed by atoms with Gasteiger partial charge in [-0.3, -0.25) is 0 Å². The molecule has 3 rings (SSSR count). The lowest BCUT2D eigenvalue weighted by Gasteiger charge is -2.11. The van der Waals surface area contributed by atoms with Gasteiger partial charge in [0, 0.05) is 12.6 Å². The van der Waals surface area contributed by atoms with E-state index < -0.39 is 0 Å². The number of aromatic amines is 1. The van der Waals surface area contributed by atoms with E-state index in [9.17, 15) is 0 Å². The van der Waals surface area contributed by atoms with Crippen molar-refractivity contribution in [2.24, 2.45) is 5.92 Å². The first-order valence-electron chi connectivity index (χ1n) is 7.13. The van der Waals surface area contributed by atoms with Crippen molar-refractivity contribution in [1.82, 2.24) is 15.0 Å². The fraction of sp³-hybridized carbons (Fsp3) is 0.600. The molecule has 1 aliphatic carbocycles. The molecule has 0 aliphatic heterocycles. The largest absolute Gasteiger partial charge is 0.340 e. The molecule has 0 spiro atoms. The number of pyridine rings is 1. The molecule has 1 aliphatic rings. The molecular formula is C15H21N3. The van der Waals surface area contributed by atoms with Crippen LogP contribution in [0.3, 0.4) is 0 Å². The predicted octanol–water partition coefficient (Wildman–Crippen LogP) is 3.78. The topological polar surface area (TPSA) is 41.6 Å². The van der Waals surface area contributed by atoms with Crippen LogP contribution < -0.4 is 0 Å². The molecule has 1 N–H and O–H groups in total. The van der Waals surface area contributed by atoms with E-state index in [1.54, 1.807) is 0 Å². The van der Waals surface area contributed by atoms with Crippen LogP contribution in [0.4, 0.5) is 0 Å². The van der Waals surface area contributed by atoms with Crippen molar-refractivity contribution < 1.29 is 0 Å². The van der Waals surface area contributed by atoms with Gasteiger partial charge < -0.3 is 4.98 Å². The number of nitrogens with one attached hydrogen (secondary N) is 1. The summed E-state index contributed by atoms with van der Waals surface area (Å²) in [7, 11) is 0. The zero-order valence-corrected chi connectivity index (χ0v) is 11.1. The second-order valence-electron chi connectivity index (χ2n) is 5.57. The minimum absolute atomic E-state index is 0.813. The van der Waals surface area contributed by atoms with Gasteiger partial charge in [-0.2, -0.15) is 0 Å². The van der Waals surface area contributed by atoms with Gasteiger partial charge in [-0.15, -0.1) is 0 Å². The van der Waals surface area contributed by atoms with E-state index in [1.807, 2.05) is 12.3 Å². The zero-order chi connectivity index (χ0) is 12.4. The third kappa shape index (κ3) is 2.40. The lowest BCUT2D eigenvalue weighted by molar-refractivity contribution is 0.450. The van der Waals surface area contributed by atoms with Crippen molar-refractivity contribution in [3.8, 4) is 0 Å². The van der Waals surface area contributed by atoms with Crippen molar-refractivity contribution in [3.05, 3.63) is 23.7 Å². The molecule has 2 heterocycles. The van der Waals surface area contributed by atoms with Crippen molar-refractivity contribution in [2.75, 3.05) is 0 Å². The Labute approximate surface area is 108 Å². The molecule has 3 heteroatoms. The van der Waals surface area contributed by atoms with Gasteiger partial charge >= 0.3 is 0 Å². The number of aryl methyl sites for hydroxylation is 1. The quantitative estimate of drug-likeness (QED) is 0.815. The molecule has 0 saturated heterocycles. The normalized spacial score (nSPS) is 18.1. The summed E-state index contributed by atoms with van der Waals surface area (Å²) in [4.78, 5) is 12.4. The molecule has 0 atom stereocenters. The Kier molecular flexibility index (Phi) is 3.31. The first-order valence-corrected chi connectivity index (χ1v) is 7.13. The molecule has 3 nitrogen and oxygen atoms in total. The molecule has 0 amide bonds. The van der Waals surface area contributed by atoms with Crippen LogP contribution in [0.1, 0.15) is 49.9 Å². The van der Waals surface area contributed by atoms with Gasteiger partial charge in [-0.25, -0.2) is 9.97 Å². The van der Waals surface area contributed by atoms with Crippen LogP contribution in [0, 0.1) is 12.8 Å². The van der Waals surface area contributed by atoms with E-state index in [1.165, 1.54) is 44.1 Å². The summed E-state index contributed by atoms with van der Waals surface area (Å²) in [5.41, 5.74) is 3.22. The SMILES string of the molecule is Cc1ccnc2nc(CC3CCCCCC3)[nH]c12. The van der Waals surface area contributed by atoms with E-state index in [0.29, 0.717) is 0 Å². The van der Waals surface area contributed by atoms with Crippen LogP contribution in [0.2, 0.25) is 0 Å². The smallest absolute Gasteiger partial charge is 0.177 e. The summed E-state index contributed by atoms with van der Waals surface area (Å²) in [6, 6.07) is 2.04. The molecule has 1 fully saturated rings. The van der Waals surface area contributed by atoms with Gasteiger partial charge in [0.2, 0.25) is 0 Å². The number of fused-ring (bicyclic) bond motifs is 1. The van der Waals surface area contributed by atoms with Crippen LogP contribution in [0.25, 0.3) is 11.2 Å². The highest BCUT2D eigenvalue weighted by atomic mass is 15.0. The Hall–Kier alpha value is -1.38. The minimum Gasteiger partial charge on any atom is -0.340 e. The standard InChI is InChI=1S/C15H21N3/c1-11-8-9-16-15-14(11)17-13(18-15)10-12-6-4-2-3-5-7-12/h8-9,12H,2-7,10H2,1H3,(H,16,17,18). The molecule has 2 aromatic rings. The van der Waals surface area contributed by atoms with Crippen LogP contribution >= 0.6 is 0 Å². The zero-order valence-electron chi connectivity index (χ0n) is 11.1. The highest BCUT2D eigenvalue weighted by Gasteiger charge is 2.15. The first-order chi connectivity index (χ1) is 8.83. The maximum atomic E-state index is 4.63. The molecule has 96 valence electrons. The molecule has 18 heavy (non-hydrogen) atoms. The summed E-state index contributed by atoms with van der Waals surface area (Å²) in [5.74, 6) is 1.94. The minimum atomic E-state index is 0.813. The number of aromatic nitrogens is 3. The Morgan fingerprint density at radius 2 is 2.00 bits per heavy atom. The van der Waals surface area contributed by atoms with E-state index in [4.69, 9.17) is 0 Å². The highest BCUT2D eigenvalue weighted by molar-refractivity contribution is 5.74. The summed E-state index contributed by atoms with van der Waals surface area (Å²) >= 11 is 0. The number of hydrogen-bond donors (Lipinski definition) is 1. The fourth-order valence-electron chi connectivity index (χ4n) is 3.02. The van der Waals surface area contributed by atoms with Crippen molar-refractivity contribution in [1.29, 1.82) is 0 Å². The fourth-order valence-corrected chi connectivity index (χ4v) is 3.02. The molecule has 0 aromatic carbocycles. The van der Waals surface area contributed by atoms with Crippen LogP contribution in [0.15, 0.2) is 12.3 Å². The maximum Gasteiger partial charge on any atom is 0.177 e. The predicted molar refractivity (Wildman–Crippen MR) is 73.5 cm³/mol. The highest BCUT2D eigenvalue weighted by Crippen LogP contribution is 2.26. The van der Waals surface area contributed by atoms with E-state index in [0.717, 1.165) is 29.3 Å². The third-order valence-electron chi connectivity index (χ3n) is 4.11. The second-order valence-corrected chi connectivity index (χ2v) is 5.57. The van der Waals surface area contributed by atoms with Crippen LogP contribution in [0.5, 0.6) is 0 Å². The van der Waals surface area contributed by atoms with Crippen molar-refractivity contribution in [3.63, 3.8) is 0 Å². The second kappa shape index (κ2) is 5.09. The molecule has 0 unspecified atom stereocenters. The van der Waals surface area contributed by atoms with Crippen LogP contribution in [-0.2, 0) is 6.42 Å². The Morgan fingerprint density at radius 1 is 1.22 bits per heavy atom. The van der Waals surface area contributed by atoms with E-state index in [2.05, 4.69) is 21.9 Å². The Morgan fingerprint density at radius 3 is 2.72 bits per heavy atom. The Bertz CT molecular complexity index is 522. The monoisotopic (exact) mass is 243 g/mol. The molecular weight excluding hydrogens is 222 g/mol. The van der Waals surface area contributed by atoms with Gasteiger partial charge in [0.25, 0.3) is 0 Å². The van der Waals surface area contributed by atoms with Gasteiger partial charge in [0.15, 0.2) is 5.65 Å². The summed E-state index contributed by atoms with van der Waals surface area (Å²) in [5, 5.41) is 0. The number of hydrogen-bond acceptors (Lipinski definition) is 2. The number of rotatable bonds is 2. The van der Waals surface area contributed by atoms with E-state index in [-0.39, 0.29) is 0 Å². The number of nitrogens with zero attached hydrogens (tertiary/aromatic N) is 2. The number of imidazole rings is 1.